The highest BCUT2D eigenvalue weighted by Crippen LogP contribution is 2.28. The van der Waals surface area contributed by atoms with Crippen LogP contribution >= 0.6 is 27.5 Å². The first-order chi connectivity index (χ1) is 9.01. The van der Waals surface area contributed by atoms with Crippen molar-refractivity contribution >= 4 is 27.5 Å². The van der Waals surface area contributed by atoms with Crippen LogP contribution in [0.2, 0.25) is 5.02 Å². The van der Waals surface area contributed by atoms with Gasteiger partial charge in [0.1, 0.15) is 0 Å². The predicted octanol–water partition coefficient (Wildman–Crippen LogP) is 3.65. The molecule has 3 nitrogen and oxygen atoms in total. The zero-order valence-corrected chi connectivity index (χ0v) is 13.6. The molecule has 2 rings (SSSR count). The Morgan fingerprint density at radius 2 is 2.16 bits per heavy atom. The van der Waals surface area contributed by atoms with Crippen molar-refractivity contribution in [1.29, 1.82) is 0 Å². The topological polar surface area (TPSA) is 29.9 Å². The summed E-state index contributed by atoms with van der Waals surface area (Å²) in [5.41, 5.74) is 3.45. The van der Waals surface area contributed by atoms with Gasteiger partial charge in [-0.05, 0) is 37.7 Å². The van der Waals surface area contributed by atoms with Gasteiger partial charge in [0.05, 0.1) is 5.69 Å². The van der Waals surface area contributed by atoms with Crippen LogP contribution in [-0.4, -0.2) is 16.8 Å². The van der Waals surface area contributed by atoms with E-state index in [0.717, 1.165) is 21.6 Å². The number of likely N-dealkylation sites (N-methyl/N-ethyl adjacent to an activating group) is 1. The van der Waals surface area contributed by atoms with Gasteiger partial charge >= 0.3 is 0 Å². The average molecular weight is 343 g/mol. The van der Waals surface area contributed by atoms with Crippen LogP contribution in [0, 0.1) is 6.92 Å². The van der Waals surface area contributed by atoms with Crippen molar-refractivity contribution in [2.24, 2.45) is 7.05 Å². The lowest BCUT2D eigenvalue weighted by molar-refractivity contribution is 0.559. The van der Waals surface area contributed by atoms with Crippen molar-refractivity contribution < 1.29 is 0 Å². The second-order valence-electron chi connectivity index (χ2n) is 4.61. The number of nitrogens with one attached hydrogen (secondary N) is 1. The van der Waals surface area contributed by atoms with E-state index < -0.39 is 0 Å². The first-order valence-electron chi connectivity index (χ1n) is 6.13. The molecule has 0 aliphatic heterocycles. The van der Waals surface area contributed by atoms with Crippen molar-refractivity contribution in [1.82, 2.24) is 15.1 Å². The van der Waals surface area contributed by atoms with E-state index in [2.05, 4.69) is 38.5 Å². The molecule has 102 valence electrons. The van der Waals surface area contributed by atoms with Gasteiger partial charge < -0.3 is 5.32 Å². The van der Waals surface area contributed by atoms with Gasteiger partial charge in [0.25, 0.3) is 0 Å². The fraction of sp³-hybridized carbons (Fsp3) is 0.357. The summed E-state index contributed by atoms with van der Waals surface area (Å²) in [4.78, 5) is 0. The Balaban J connectivity index is 2.27. The highest BCUT2D eigenvalue weighted by atomic mass is 79.9. The molecule has 19 heavy (non-hydrogen) atoms. The van der Waals surface area contributed by atoms with E-state index in [4.69, 9.17) is 11.6 Å². The first kappa shape index (κ1) is 14.6. The maximum atomic E-state index is 5.99. The highest BCUT2D eigenvalue weighted by molar-refractivity contribution is 9.10. The molecule has 0 bridgehead atoms. The Bertz CT molecular complexity index is 580. The molecular weight excluding hydrogens is 326 g/mol. The predicted molar refractivity (Wildman–Crippen MR) is 82.6 cm³/mol. The summed E-state index contributed by atoms with van der Waals surface area (Å²) in [5, 5.41) is 8.47. The fourth-order valence-electron chi connectivity index (χ4n) is 2.22. The van der Waals surface area contributed by atoms with Crippen LogP contribution in [0.15, 0.2) is 28.7 Å². The summed E-state index contributed by atoms with van der Waals surface area (Å²) >= 11 is 9.57. The summed E-state index contributed by atoms with van der Waals surface area (Å²) in [6.07, 6.45) is 0.883. The third-order valence-corrected chi connectivity index (χ3v) is 4.12. The number of aryl methyl sites for hydroxylation is 2. The van der Waals surface area contributed by atoms with Crippen LogP contribution in [-0.2, 0) is 13.5 Å². The van der Waals surface area contributed by atoms with Crippen LogP contribution in [0.3, 0.4) is 0 Å². The maximum Gasteiger partial charge on any atom is 0.0596 e. The molecule has 0 saturated heterocycles. The number of aromatic nitrogens is 2. The maximum absolute atomic E-state index is 5.99. The van der Waals surface area contributed by atoms with E-state index >= 15 is 0 Å². The summed E-state index contributed by atoms with van der Waals surface area (Å²) in [7, 11) is 3.95. The Hall–Kier alpha value is -0.840. The molecule has 1 aromatic carbocycles. The Labute approximate surface area is 127 Å². The average Bonchev–Trinajstić information content (AvgIpc) is 2.65. The van der Waals surface area contributed by atoms with Crippen LogP contribution < -0.4 is 5.32 Å². The minimum Gasteiger partial charge on any atom is -0.313 e. The first-order valence-corrected chi connectivity index (χ1v) is 7.30. The molecule has 0 saturated carbocycles. The molecule has 0 aliphatic rings. The lowest BCUT2D eigenvalue weighted by Crippen LogP contribution is -2.20. The fourth-order valence-corrected chi connectivity index (χ4v) is 3.18. The monoisotopic (exact) mass is 341 g/mol. The van der Waals surface area contributed by atoms with Crippen molar-refractivity contribution in [3.05, 3.63) is 50.7 Å². The quantitative estimate of drug-likeness (QED) is 0.919. The lowest BCUT2D eigenvalue weighted by atomic mass is 10.0. The summed E-state index contributed by atoms with van der Waals surface area (Å²) < 4.78 is 2.96. The summed E-state index contributed by atoms with van der Waals surface area (Å²) in [5.74, 6) is 0. The van der Waals surface area contributed by atoms with E-state index in [-0.39, 0.29) is 6.04 Å². The van der Waals surface area contributed by atoms with Gasteiger partial charge in [0.15, 0.2) is 0 Å². The van der Waals surface area contributed by atoms with E-state index in [9.17, 15) is 0 Å². The Morgan fingerprint density at radius 1 is 1.42 bits per heavy atom. The number of benzene rings is 1. The molecule has 1 heterocycles. The summed E-state index contributed by atoms with van der Waals surface area (Å²) in [6, 6.07) is 8.24. The molecule has 1 atom stereocenters. The molecule has 0 fully saturated rings. The zero-order chi connectivity index (χ0) is 14.0. The largest absolute Gasteiger partial charge is 0.313 e. The van der Waals surface area contributed by atoms with Gasteiger partial charge in [-0.2, -0.15) is 5.10 Å². The number of rotatable bonds is 4. The molecule has 1 unspecified atom stereocenters. The molecule has 5 heteroatoms. The van der Waals surface area contributed by atoms with E-state index in [1.807, 2.05) is 37.8 Å². The molecular formula is C14H17BrClN3. The molecule has 2 aromatic rings. The van der Waals surface area contributed by atoms with E-state index in [1.165, 1.54) is 11.3 Å². The van der Waals surface area contributed by atoms with Crippen molar-refractivity contribution in [3.8, 4) is 0 Å². The zero-order valence-electron chi connectivity index (χ0n) is 11.2. The van der Waals surface area contributed by atoms with E-state index in [0.29, 0.717) is 0 Å². The Morgan fingerprint density at radius 3 is 2.68 bits per heavy atom. The minimum absolute atomic E-state index is 0.224. The second kappa shape index (κ2) is 6.07. The smallest absolute Gasteiger partial charge is 0.0596 e. The summed E-state index contributed by atoms with van der Waals surface area (Å²) in [6.45, 7) is 2.01. The SMILES string of the molecule is CNC(Cc1cc(C)nn1C)c1ccc(Cl)cc1Br. The van der Waals surface area contributed by atoms with Crippen LogP contribution in [0.25, 0.3) is 0 Å². The minimum atomic E-state index is 0.224. The van der Waals surface area contributed by atoms with Crippen LogP contribution in [0.4, 0.5) is 0 Å². The Kier molecular flexibility index (Phi) is 4.66. The third-order valence-electron chi connectivity index (χ3n) is 3.20. The van der Waals surface area contributed by atoms with E-state index in [1.54, 1.807) is 0 Å². The lowest BCUT2D eigenvalue weighted by Gasteiger charge is -2.18. The van der Waals surface area contributed by atoms with Crippen LogP contribution in [0.5, 0.6) is 0 Å². The molecule has 0 aliphatic carbocycles. The molecule has 0 amide bonds. The van der Waals surface area contributed by atoms with Gasteiger partial charge in [-0.3, -0.25) is 4.68 Å². The second-order valence-corrected chi connectivity index (χ2v) is 5.90. The van der Waals surface area contributed by atoms with Crippen molar-refractivity contribution in [2.75, 3.05) is 7.05 Å². The number of hydrogen-bond donors (Lipinski definition) is 1. The van der Waals surface area contributed by atoms with Gasteiger partial charge in [-0.25, -0.2) is 0 Å². The molecule has 1 N–H and O–H groups in total. The molecule has 0 radical (unpaired) electrons. The van der Waals surface area contributed by atoms with Crippen molar-refractivity contribution in [3.63, 3.8) is 0 Å². The number of halogens is 2. The van der Waals surface area contributed by atoms with Gasteiger partial charge in [-0.15, -0.1) is 0 Å². The van der Waals surface area contributed by atoms with Crippen molar-refractivity contribution in [2.45, 2.75) is 19.4 Å². The number of nitrogens with zero attached hydrogens (tertiary/aromatic N) is 2. The standard InChI is InChI=1S/C14H17BrClN3/c1-9-6-11(19(3)18-9)8-14(17-2)12-5-4-10(16)7-13(12)15/h4-7,14,17H,8H2,1-3H3. The number of hydrogen-bond acceptors (Lipinski definition) is 2. The highest BCUT2D eigenvalue weighted by Gasteiger charge is 2.15. The van der Waals surface area contributed by atoms with Crippen LogP contribution in [0.1, 0.15) is 23.0 Å². The normalized spacial score (nSPS) is 12.7. The molecule has 1 aromatic heterocycles. The third kappa shape index (κ3) is 3.38. The van der Waals surface area contributed by atoms with Gasteiger partial charge in [-0.1, -0.05) is 33.6 Å². The molecule has 0 spiro atoms. The van der Waals surface area contributed by atoms with Gasteiger partial charge in [0, 0.05) is 34.7 Å². The van der Waals surface area contributed by atoms with Gasteiger partial charge in [0.2, 0.25) is 0 Å².